The summed E-state index contributed by atoms with van der Waals surface area (Å²) in [6, 6.07) is 0. The van der Waals surface area contributed by atoms with Crippen LogP contribution in [0.3, 0.4) is 0 Å². The van der Waals surface area contributed by atoms with E-state index in [4.69, 9.17) is 4.74 Å². The Bertz CT molecular complexity index is 558. The van der Waals surface area contributed by atoms with Crippen LogP contribution in [0, 0.1) is 5.92 Å². The first-order valence-corrected chi connectivity index (χ1v) is 16.3. The molecule has 0 amide bonds. The Kier molecular flexibility index (Phi) is 24.2. The zero-order valence-electron chi connectivity index (χ0n) is 26.2. The molecule has 0 aromatic rings. The van der Waals surface area contributed by atoms with Crippen molar-refractivity contribution in [3.05, 3.63) is 0 Å². The average Bonchev–Trinajstić information content (AvgIpc) is 2.82. The highest BCUT2D eigenvalue weighted by atomic mass is 16.5. The minimum atomic E-state index is -1.17. The number of nitrogens with zero attached hydrogens (tertiary/aromatic N) is 1. The van der Waals surface area contributed by atoms with Crippen molar-refractivity contribution in [3.8, 4) is 0 Å². The van der Waals surface area contributed by atoms with Crippen LogP contribution < -0.4 is 5.11 Å². The van der Waals surface area contributed by atoms with Gasteiger partial charge in [-0.15, -0.1) is 0 Å². The van der Waals surface area contributed by atoms with E-state index in [2.05, 4.69) is 13.8 Å². The quantitative estimate of drug-likeness (QED) is 0.0574. The van der Waals surface area contributed by atoms with Crippen LogP contribution in [0.2, 0.25) is 0 Å². The van der Waals surface area contributed by atoms with Gasteiger partial charge >= 0.3 is 5.97 Å². The first-order valence-electron chi connectivity index (χ1n) is 16.3. The molecule has 226 valence electrons. The molecule has 0 saturated heterocycles. The Hall–Kier alpha value is -1.10. The molecule has 0 aromatic carbocycles. The van der Waals surface area contributed by atoms with Crippen LogP contribution >= 0.6 is 0 Å². The molecule has 0 spiro atoms. The Morgan fingerprint density at radius 1 is 0.658 bits per heavy atom. The fraction of sp³-hybridized carbons (Fsp3) is 0.939. The van der Waals surface area contributed by atoms with Crippen LogP contribution in [0.5, 0.6) is 0 Å². The fourth-order valence-corrected chi connectivity index (χ4v) is 5.31. The number of rotatable bonds is 28. The summed E-state index contributed by atoms with van der Waals surface area (Å²) in [6.45, 7) is 5.21. The van der Waals surface area contributed by atoms with E-state index in [1.165, 1.54) is 116 Å². The van der Waals surface area contributed by atoms with E-state index < -0.39 is 12.1 Å². The Morgan fingerprint density at radius 3 is 1.45 bits per heavy atom. The number of hydrogen-bond donors (Lipinski definition) is 0. The molecule has 0 N–H and O–H groups in total. The van der Waals surface area contributed by atoms with Gasteiger partial charge in [0.2, 0.25) is 0 Å². The van der Waals surface area contributed by atoms with Gasteiger partial charge in [-0.25, -0.2) is 0 Å². The van der Waals surface area contributed by atoms with Crippen LogP contribution in [0.1, 0.15) is 162 Å². The molecule has 5 nitrogen and oxygen atoms in total. The van der Waals surface area contributed by atoms with E-state index in [1.54, 1.807) is 0 Å². The van der Waals surface area contributed by atoms with Gasteiger partial charge in [0.25, 0.3) is 0 Å². The number of carbonyl (C=O) groups excluding carboxylic acids is 2. The lowest BCUT2D eigenvalue weighted by molar-refractivity contribution is -0.873. The van der Waals surface area contributed by atoms with Crippen LogP contribution in [0.4, 0.5) is 0 Å². The topological polar surface area (TPSA) is 66.4 Å². The largest absolute Gasteiger partial charge is 0.550 e. The molecule has 0 saturated carbocycles. The highest BCUT2D eigenvalue weighted by Crippen LogP contribution is 2.19. The van der Waals surface area contributed by atoms with E-state index in [0.29, 0.717) is 17.4 Å². The average molecular weight is 540 g/mol. The molecule has 0 aromatic heterocycles. The molecule has 38 heavy (non-hydrogen) atoms. The first kappa shape index (κ1) is 36.9. The number of carbonyl (C=O) groups is 2. The van der Waals surface area contributed by atoms with Gasteiger partial charge < -0.3 is 19.1 Å². The summed E-state index contributed by atoms with van der Waals surface area (Å²) in [5.74, 6) is -0.550. The monoisotopic (exact) mass is 539 g/mol. The van der Waals surface area contributed by atoms with Gasteiger partial charge in [0.1, 0.15) is 6.54 Å². The molecule has 2 atom stereocenters. The van der Waals surface area contributed by atoms with Crippen LogP contribution in [-0.2, 0) is 14.3 Å². The molecule has 0 fully saturated rings. The molecule has 0 aliphatic rings. The molecule has 0 radical (unpaired) electrons. The van der Waals surface area contributed by atoms with Crippen molar-refractivity contribution in [3.63, 3.8) is 0 Å². The standard InChI is InChI=1S/C33H65NO4/c1-6-7-8-9-10-16-19-22-25-30(2)26-23-20-17-14-12-11-13-15-18-21-24-27-33(37)38-31(28-32(35)36)29-34(3,4)5/h30-31H,6-29H2,1-5H3. The molecular weight excluding hydrogens is 474 g/mol. The zero-order valence-corrected chi connectivity index (χ0v) is 26.2. The highest BCUT2D eigenvalue weighted by molar-refractivity contribution is 5.70. The number of hydrogen-bond acceptors (Lipinski definition) is 4. The van der Waals surface area contributed by atoms with Crippen molar-refractivity contribution in [1.82, 2.24) is 0 Å². The maximum Gasteiger partial charge on any atom is 0.306 e. The number of unbranched alkanes of at least 4 members (excludes halogenated alkanes) is 17. The van der Waals surface area contributed by atoms with Gasteiger partial charge in [0.15, 0.2) is 6.10 Å². The smallest absolute Gasteiger partial charge is 0.306 e. The summed E-state index contributed by atoms with van der Waals surface area (Å²) in [4.78, 5) is 23.0. The number of quaternary nitrogens is 1. The van der Waals surface area contributed by atoms with E-state index in [1.807, 2.05) is 21.1 Å². The molecule has 0 bridgehead atoms. The molecule has 0 aliphatic carbocycles. The second kappa shape index (κ2) is 24.9. The molecule has 2 unspecified atom stereocenters. The molecule has 5 heteroatoms. The Balaban J connectivity index is 3.49. The Morgan fingerprint density at radius 2 is 1.05 bits per heavy atom. The SMILES string of the molecule is CCCCCCCCCCC(C)CCCCCCCCCCCCCC(=O)OC(CC(=O)[O-])C[N+](C)(C)C. The third-order valence-electron chi connectivity index (χ3n) is 7.57. The summed E-state index contributed by atoms with van der Waals surface area (Å²) in [5, 5.41) is 10.9. The second-order valence-corrected chi connectivity index (χ2v) is 13.0. The maximum atomic E-state index is 12.1. The van der Waals surface area contributed by atoms with E-state index in [-0.39, 0.29) is 12.4 Å². The third kappa shape index (κ3) is 27.9. The lowest BCUT2D eigenvalue weighted by Gasteiger charge is -2.29. The van der Waals surface area contributed by atoms with Crippen LogP contribution in [0.15, 0.2) is 0 Å². The number of carboxylic acid groups (broad SMARTS) is 1. The summed E-state index contributed by atoms with van der Waals surface area (Å²) >= 11 is 0. The van der Waals surface area contributed by atoms with Gasteiger partial charge in [0.05, 0.1) is 21.1 Å². The minimum Gasteiger partial charge on any atom is -0.550 e. The van der Waals surface area contributed by atoms with Crippen LogP contribution in [-0.4, -0.2) is 50.2 Å². The van der Waals surface area contributed by atoms with Gasteiger partial charge in [-0.2, -0.15) is 0 Å². The lowest BCUT2D eigenvalue weighted by Crippen LogP contribution is -2.45. The van der Waals surface area contributed by atoms with E-state index in [9.17, 15) is 14.7 Å². The first-order chi connectivity index (χ1) is 18.1. The van der Waals surface area contributed by atoms with Gasteiger partial charge in [0, 0.05) is 18.8 Å². The number of likely N-dealkylation sites (N-methyl/N-ethyl adjacent to an activating group) is 1. The zero-order chi connectivity index (χ0) is 28.5. The Labute approximate surface area is 237 Å². The highest BCUT2D eigenvalue weighted by Gasteiger charge is 2.22. The predicted octanol–water partition coefficient (Wildman–Crippen LogP) is 7.98. The summed E-state index contributed by atoms with van der Waals surface area (Å²) < 4.78 is 5.96. The number of ether oxygens (including phenoxy) is 1. The summed E-state index contributed by atoms with van der Waals surface area (Å²) in [5.41, 5.74) is 0. The van der Waals surface area contributed by atoms with Gasteiger partial charge in [-0.3, -0.25) is 4.79 Å². The minimum absolute atomic E-state index is 0.236. The third-order valence-corrected chi connectivity index (χ3v) is 7.57. The number of esters is 1. The van der Waals surface area contributed by atoms with E-state index in [0.717, 1.165) is 25.2 Å². The van der Waals surface area contributed by atoms with Crippen LogP contribution in [0.25, 0.3) is 0 Å². The van der Waals surface area contributed by atoms with Crippen molar-refractivity contribution in [2.24, 2.45) is 5.92 Å². The van der Waals surface area contributed by atoms with Crippen molar-refractivity contribution >= 4 is 11.9 Å². The lowest BCUT2D eigenvalue weighted by atomic mass is 9.95. The van der Waals surface area contributed by atoms with Gasteiger partial charge in [-0.05, 0) is 12.3 Å². The van der Waals surface area contributed by atoms with Crippen molar-refractivity contribution in [2.45, 2.75) is 168 Å². The molecule has 0 aliphatic heterocycles. The molecule has 0 heterocycles. The number of carboxylic acids is 1. The predicted molar refractivity (Wildman–Crippen MR) is 159 cm³/mol. The maximum absolute atomic E-state index is 12.1. The van der Waals surface area contributed by atoms with Gasteiger partial charge in [-0.1, -0.05) is 142 Å². The molecular formula is C33H65NO4. The number of aliphatic carboxylic acids is 1. The second-order valence-electron chi connectivity index (χ2n) is 13.0. The van der Waals surface area contributed by atoms with Crippen molar-refractivity contribution in [1.29, 1.82) is 0 Å². The summed E-state index contributed by atoms with van der Waals surface area (Å²) in [7, 11) is 5.86. The summed E-state index contributed by atoms with van der Waals surface area (Å²) in [6.07, 6.45) is 27.5. The van der Waals surface area contributed by atoms with Crippen molar-refractivity contribution in [2.75, 3.05) is 27.7 Å². The van der Waals surface area contributed by atoms with E-state index >= 15 is 0 Å². The van der Waals surface area contributed by atoms with Crippen molar-refractivity contribution < 1.29 is 23.9 Å². The fourth-order valence-electron chi connectivity index (χ4n) is 5.31. The molecule has 0 rings (SSSR count). The normalized spacial score (nSPS) is 13.4.